The van der Waals surface area contributed by atoms with E-state index in [9.17, 15) is 14.0 Å². The fourth-order valence-corrected chi connectivity index (χ4v) is 2.70. The summed E-state index contributed by atoms with van der Waals surface area (Å²) in [5.74, 6) is -0.312. The highest BCUT2D eigenvalue weighted by Gasteiger charge is 2.28. The minimum Gasteiger partial charge on any atom is -0.448 e. The third-order valence-electron chi connectivity index (χ3n) is 4.00. The molecule has 0 N–H and O–H groups in total. The van der Waals surface area contributed by atoms with E-state index in [0.29, 0.717) is 39.3 Å². The van der Waals surface area contributed by atoms with Crippen molar-refractivity contribution in [1.29, 1.82) is 0 Å². The van der Waals surface area contributed by atoms with Crippen LogP contribution in [0.1, 0.15) is 0 Å². The van der Waals surface area contributed by atoms with Crippen LogP contribution >= 0.6 is 0 Å². The highest BCUT2D eigenvalue weighted by molar-refractivity contribution is 5.83. The number of benzene rings is 1. The lowest BCUT2D eigenvalue weighted by Gasteiger charge is -2.36. The van der Waals surface area contributed by atoms with Crippen LogP contribution in [0, 0.1) is 5.82 Å². The molecule has 1 aromatic carbocycles. The Morgan fingerprint density at radius 2 is 1.77 bits per heavy atom. The summed E-state index contributed by atoms with van der Waals surface area (Å²) in [7, 11) is 0. The smallest absolute Gasteiger partial charge is 0.410 e. The highest BCUT2D eigenvalue weighted by Crippen LogP contribution is 2.17. The van der Waals surface area contributed by atoms with E-state index >= 15 is 0 Å². The Kier molecular flexibility index (Phi) is 4.13. The number of nitrogens with zero attached hydrogens (tertiary/aromatic N) is 3. The van der Waals surface area contributed by atoms with Gasteiger partial charge in [0.05, 0.1) is 6.54 Å². The number of anilines is 1. The monoisotopic (exact) mass is 307 g/mol. The van der Waals surface area contributed by atoms with Crippen LogP contribution in [0.4, 0.5) is 14.9 Å². The predicted octanol–water partition coefficient (Wildman–Crippen LogP) is 0.927. The molecule has 6 nitrogen and oxygen atoms in total. The number of carbonyl (C=O) groups is 2. The number of ether oxygens (including phenoxy) is 1. The van der Waals surface area contributed by atoms with Crippen molar-refractivity contribution in [3.8, 4) is 0 Å². The molecule has 118 valence electrons. The van der Waals surface area contributed by atoms with Gasteiger partial charge in [0.25, 0.3) is 0 Å². The molecule has 1 aromatic rings. The van der Waals surface area contributed by atoms with Gasteiger partial charge in [-0.25, -0.2) is 9.18 Å². The summed E-state index contributed by atoms with van der Waals surface area (Å²) < 4.78 is 17.7. The third kappa shape index (κ3) is 3.13. The third-order valence-corrected chi connectivity index (χ3v) is 4.00. The summed E-state index contributed by atoms with van der Waals surface area (Å²) in [6, 6.07) is 6.36. The molecule has 2 saturated heterocycles. The first-order valence-corrected chi connectivity index (χ1v) is 7.33. The van der Waals surface area contributed by atoms with E-state index in [4.69, 9.17) is 4.74 Å². The predicted molar refractivity (Wildman–Crippen MR) is 78.1 cm³/mol. The van der Waals surface area contributed by atoms with Crippen molar-refractivity contribution in [2.24, 2.45) is 0 Å². The van der Waals surface area contributed by atoms with Gasteiger partial charge in [0.15, 0.2) is 0 Å². The fraction of sp³-hybridized carbons (Fsp3) is 0.467. The first kappa shape index (κ1) is 14.6. The van der Waals surface area contributed by atoms with E-state index in [1.54, 1.807) is 17.0 Å². The average molecular weight is 307 g/mol. The molecule has 0 radical (unpaired) electrons. The Labute approximate surface area is 128 Å². The number of piperazine rings is 1. The first-order valence-electron chi connectivity index (χ1n) is 7.33. The van der Waals surface area contributed by atoms with Gasteiger partial charge in [-0.05, 0) is 24.3 Å². The fourth-order valence-electron chi connectivity index (χ4n) is 2.70. The number of rotatable bonds is 3. The summed E-state index contributed by atoms with van der Waals surface area (Å²) >= 11 is 0. The van der Waals surface area contributed by atoms with Crippen molar-refractivity contribution in [2.45, 2.75) is 0 Å². The van der Waals surface area contributed by atoms with Crippen LogP contribution in [0.25, 0.3) is 0 Å². The molecule has 0 aliphatic carbocycles. The molecular formula is C15H18FN3O3. The second-order valence-corrected chi connectivity index (χ2v) is 5.38. The maximum atomic E-state index is 12.9. The average Bonchev–Trinajstić information content (AvgIpc) is 2.93. The van der Waals surface area contributed by atoms with Gasteiger partial charge in [0.1, 0.15) is 19.0 Å². The van der Waals surface area contributed by atoms with E-state index in [0.717, 1.165) is 5.69 Å². The number of hydrogen-bond donors (Lipinski definition) is 0. The Bertz CT molecular complexity index is 556. The summed E-state index contributed by atoms with van der Waals surface area (Å²) in [4.78, 5) is 28.8. The van der Waals surface area contributed by atoms with Gasteiger partial charge < -0.3 is 14.5 Å². The molecule has 0 saturated carbocycles. The molecule has 0 spiro atoms. The van der Waals surface area contributed by atoms with E-state index in [1.807, 2.05) is 0 Å². The Hall–Kier alpha value is -2.31. The van der Waals surface area contributed by atoms with E-state index < -0.39 is 6.09 Å². The normalized spacial score (nSPS) is 18.6. The van der Waals surface area contributed by atoms with Crippen molar-refractivity contribution in [3.05, 3.63) is 30.1 Å². The van der Waals surface area contributed by atoms with Gasteiger partial charge in [-0.3, -0.25) is 9.69 Å². The SMILES string of the molecule is O=C(CN1CCOC1=O)N1CCN(c2ccc(F)cc2)CC1. The lowest BCUT2D eigenvalue weighted by Crippen LogP contribution is -2.51. The number of cyclic esters (lactones) is 1. The van der Waals surface area contributed by atoms with Gasteiger partial charge >= 0.3 is 6.09 Å². The Balaban J connectivity index is 1.51. The molecule has 2 aliphatic heterocycles. The molecular weight excluding hydrogens is 289 g/mol. The van der Waals surface area contributed by atoms with E-state index in [1.165, 1.54) is 17.0 Å². The number of amides is 2. The molecule has 2 heterocycles. The van der Waals surface area contributed by atoms with Crippen LogP contribution in [0.3, 0.4) is 0 Å². The van der Waals surface area contributed by atoms with Crippen LogP contribution in [-0.4, -0.2) is 67.7 Å². The van der Waals surface area contributed by atoms with Crippen LogP contribution in [0.2, 0.25) is 0 Å². The summed E-state index contributed by atoms with van der Waals surface area (Å²) in [6.07, 6.45) is -0.418. The molecule has 0 bridgehead atoms. The first-order chi connectivity index (χ1) is 10.6. The minimum atomic E-state index is -0.418. The molecule has 3 rings (SSSR count). The highest BCUT2D eigenvalue weighted by atomic mass is 19.1. The minimum absolute atomic E-state index is 0.0578. The van der Waals surface area contributed by atoms with Crippen molar-refractivity contribution >= 4 is 17.7 Å². The molecule has 0 atom stereocenters. The van der Waals surface area contributed by atoms with Crippen molar-refractivity contribution in [3.63, 3.8) is 0 Å². The molecule has 22 heavy (non-hydrogen) atoms. The topological polar surface area (TPSA) is 53.1 Å². The zero-order valence-electron chi connectivity index (χ0n) is 12.2. The van der Waals surface area contributed by atoms with Crippen molar-refractivity contribution < 1.29 is 18.7 Å². The molecule has 0 unspecified atom stereocenters. The number of hydrogen-bond acceptors (Lipinski definition) is 4. The largest absolute Gasteiger partial charge is 0.448 e. The van der Waals surface area contributed by atoms with Gasteiger partial charge in [-0.15, -0.1) is 0 Å². The van der Waals surface area contributed by atoms with E-state index in [-0.39, 0.29) is 18.3 Å². The number of halogens is 1. The number of carbonyl (C=O) groups excluding carboxylic acids is 2. The van der Waals surface area contributed by atoms with Gasteiger partial charge in [-0.2, -0.15) is 0 Å². The quantitative estimate of drug-likeness (QED) is 0.833. The molecule has 2 fully saturated rings. The standard InChI is InChI=1S/C15H18FN3O3/c16-12-1-3-13(4-2-12)17-5-7-18(8-6-17)14(20)11-19-9-10-22-15(19)21/h1-4H,5-11H2. The lowest BCUT2D eigenvalue weighted by molar-refractivity contribution is -0.132. The summed E-state index contributed by atoms with van der Waals surface area (Å²) in [6.45, 7) is 3.49. The maximum Gasteiger partial charge on any atom is 0.410 e. The van der Waals surface area contributed by atoms with Crippen molar-refractivity contribution in [1.82, 2.24) is 9.80 Å². The van der Waals surface area contributed by atoms with E-state index in [2.05, 4.69) is 4.90 Å². The Morgan fingerprint density at radius 1 is 1.09 bits per heavy atom. The Morgan fingerprint density at radius 3 is 2.36 bits per heavy atom. The van der Waals surface area contributed by atoms with Crippen LogP contribution in [0.5, 0.6) is 0 Å². The molecule has 2 amide bonds. The van der Waals surface area contributed by atoms with Crippen LogP contribution in [0.15, 0.2) is 24.3 Å². The van der Waals surface area contributed by atoms with Gasteiger partial charge in [-0.1, -0.05) is 0 Å². The molecule has 7 heteroatoms. The van der Waals surface area contributed by atoms with Gasteiger partial charge in [0, 0.05) is 31.9 Å². The van der Waals surface area contributed by atoms with Gasteiger partial charge in [0.2, 0.25) is 5.91 Å². The summed E-state index contributed by atoms with van der Waals surface area (Å²) in [5.41, 5.74) is 0.955. The molecule has 0 aromatic heterocycles. The van der Waals surface area contributed by atoms with Crippen LogP contribution < -0.4 is 4.90 Å². The zero-order chi connectivity index (χ0) is 15.5. The lowest BCUT2D eigenvalue weighted by atomic mass is 10.2. The maximum absolute atomic E-state index is 12.9. The summed E-state index contributed by atoms with van der Waals surface area (Å²) in [5, 5.41) is 0. The second kappa shape index (κ2) is 6.21. The van der Waals surface area contributed by atoms with Crippen LogP contribution in [-0.2, 0) is 9.53 Å². The zero-order valence-corrected chi connectivity index (χ0v) is 12.2. The molecule has 2 aliphatic rings. The van der Waals surface area contributed by atoms with Crippen molar-refractivity contribution in [2.75, 3.05) is 50.8 Å². The second-order valence-electron chi connectivity index (χ2n) is 5.38.